The molecule has 3 aromatic rings. The predicted molar refractivity (Wildman–Crippen MR) is 115 cm³/mol. The molecule has 1 aliphatic rings. The molecule has 1 aliphatic heterocycles. The highest BCUT2D eigenvalue weighted by molar-refractivity contribution is 7.15. The van der Waals surface area contributed by atoms with Gasteiger partial charge in [-0.2, -0.15) is 0 Å². The molecule has 8 heteroatoms. The van der Waals surface area contributed by atoms with Crippen LogP contribution in [0.4, 0.5) is 5.13 Å². The van der Waals surface area contributed by atoms with E-state index in [2.05, 4.69) is 44.8 Å². The van der Waals surface area contributed by atoms with Crippen LogP contribution in [0.25, 0.3) is 0 Å². The van der Waals surface area contributed by atoms with E-state index >= 15 is 0 Å². The first-order valence-electron chi connectivity index (χ1n) is 10.0. The van der Waals surface area contributed by atoms with Crippen molar-refractivity contribution in [3.63, 3.8) is 0 Å². The van der Waals surface area contributed by atoms with Crippen LogP contribution in [-0.2, 0) is 24.3 Å². The first kappa shape index (κ1) is 20.3. The molecule has 0 saturated heterocycles. The van der Waals surface area contributed by atoms with Crippen molar-refractivity contribution in [1.29, 1.82) is 0 Å². The molecule has 156 valence electrons. The van der Waals surface area contributed by atoms with Crippen molar-refractivity contribution in [2.75, 3.05) is 18.4 Å². The summed E-state index contributed by atoms with van der Waals surface area (Å²) in [6.45, 7) is 3.16. The molecule has 0 radical (unpaired) electrons. The van der Waals surface area contributed by atoms with Gasteiger partial charge in [0, 0.05) is 43.9 Å². The molecular weight excluding hydrogens is 400 g/mol. The van der Waals surface area contributed by atoms with Gasteiger partial charge in [-0.15, -0.1) is 11.3 Å². The second kappa shape index (κ2) is 9.69. The Balaban J connectivity index is 1.21. The van der Waals surface area contributed by atoms with Crippen LogP contribution < -0.4 is 10.6 Å². The Kier molecular flexibility index (Phi) is 6.56. The summed E-state index contributed by atoms with van der Waals surface area (Å²) in [5, 5.41) is 6.29. The Morgan fingerprint density at radius 2 is 2.03 bits per heavy atom. The number of nitrogens with one attached hydrogen (secondary N) is 2. The number of rotatable bonds is 8. The van der Waals surface area contributed by atoms with E-state index in [1.54, 1.807) is 23.5 Å². The molecule has 0 atom stereocenters. The number of amides is 2. The number of hydrogen-bond donors (Lipinski definition) is 2. The number of fused-ring (bicyclic) bond motifs is 1. The van der Waals surface area contributed by atoms with Gasteiger partial charge in [0.15, 0.2) is 10.9 Å². The summed E-state index contributed by atoms with van der Waals surface area (Å²) in [7, 11) is 0. The van der Waals surface area contributed by atoms with E-state index in [9.17, 15) is 9.59 Å². The van der Waals surface area contributed by atoms with Crippen molar-refractivity contribution >= 4 is 28.3 Å². The zero-order valence-electron chi connectivity index (χ0n) is 16.6. The maximum Gasteiger partial charge on any atom is 0.286 e. The molecule has 7 nitrogen and oxygen atoms in total. The van der Waals surface area contributed by atoms with Crippen LogP contribution >= 0.6 is 11.3 Å². The topological polar surface area (TPSA) is 87.5 Å². The highest BCUT2D eigenvalue weighted by atomic mass is 32.1. The molecule has 0 saturated carbocycles. The Bertz CT molecular complexity index is 985. The molecule has 2 aromatic heterocycles. The lowest BCUT2D eigenvalue weighted by molar-refractivity contribution is -0.116. The van der Waals surface area contributed by atoms with Crippen LogP contribution in [0, 0.1) is 0 Å². The van der Waals surface area contributed by atoms with E-state index in [1.807, 2.05) is 6.07 Å². The zero-order valence-corrected chi connectivity index (χ0v) is 17.4. The summed E-state index contributed by atoms with van der Waals surface area (Å²) in [5.74, 6) is -0.0864. The summed E-state index contributed by atoms with van der Waals surface area (Å²) in [4.78, 5) is 32.2. The van der Waals surface area contributed by atoms with E-state index in [4.69, 9.17) is 4.42 Å². The average molecular weight is 425 g/mol. The first-order valence-corrected chi connectivity index (χ1v) is 10.9. The number of carbonyl (C=O) groups is 2. The molecular formula is C22H24N4O3S. The summed E-state index contributed by atoms with van der Waals surface area (Å²) in [6, 6.07) is 13.7. The lowest BCUT2D eigenvalue weighted by Crippen LogP contribution is -2.29. The van der Waals surface area contributed by atoms with Crippen molar-refractivity contribution in [1.82, 2.24) is 15.2 Å². The van der Waals surface area contributed by atoms with Gasteiger partial charge in [0.05, 0.1) is 12.0 Å². The van der Waals surface area contributed by atoms with Gasteiger partial charge in [-0.25, -0.2) is 4.98 Å². The van der Waals surface area contributed by atoms with Crippen molar-refractivity contribution in [2.24, 2.45) is 0 Å². The van der Waals surface area contributed by atoms with E-state index < -0.39 is 0 Å². The second-order valence-electron chi connectivity index (χ2n) is 7.22. The highest BCUT2D eigenvalue weighted by Gasteiger charge is 2.21. The third-order valence-corrected chi connectivity index (χ3v) is 5.91. The zero-order chi connectivity index (χ0) is 20.8. The number of aromatic nitrogens is 1. The van der Waals surface area contributed by atoms with Crippen LogP contribution in [0.3, 0.4) is 0 Å². The number of nitrogens with zero attached hydrogens (tertiary/aromatic N) is 2. The summed E-state index contributed by atoms with van der Waals surface area (Å²) >= 11 is 1.55. The van der Waals surface area contributed by atoms with Crippen molar-refractivity contribution in [3.8, 4) is 0 Å². The minimum Gasteiger partial charge on any atom is -0.459 e. The maximum atomic E-state index is 12.2. The van der Waals surface area contributed by atoms with Gasteiger partial charge in [-0.3, -0.25) is 14.5 Å². The molecule has 3 heterocycles. The van der Waals surface area contributed by atoms with Gasteiger partial charge >= 0.3 is 0 Å². The lowest BCUT2D eigenvalue weighted by Gasteiger charge is -2.25. The third kappa shape index (κ3) is 5.34. The van der Waals surface area contributed by atoms with Crippen molar-refractivity contribution in [3.05, 3.63) is 70.6 Å². The Hall–Kier alpha value is -2.97. The average Bonchev–Trinajstić information content (AvgIpc) is 3.41. The van der Waals surface area contributed by atoms with E-state index in [1.165, 1.54) is 16.7 Å². The minimum absolute atomic E-state index is 0.0884. The fourth-order valence-corrected chi connectivity index (χ4v) is 4.47. The van der Waals surface area contributed by atoms with Gasteiger partial charge in [-0.1, -0.05) is 30.3 Å². The fourth-order valence-electron chi connectivity index (χ4n) is 3.41. The third-order valence-electron chi connectivity index (χ3n) is 4.92. The molecule has 0 bridgehead atoms. The number of hydrogen-bond acceptors (Lipinski definition) is 6. The largest absolute Gasteiger partial charge is 0.459 e. The van der Waals surface area contributed by atoms with Gasteiger partial charge < -0.3 is 15.1 Å². The molecule has 1 aromatic carbocycles. The highest BCUT2D eigenvalue weighted by Crippen LogP contribution is 2.29. The molecule has 30 heavy (non-hydrogen) atoms. The normalized spacial score (nSPS) is 13.6. The van der Waals surface area contributed by atoms with Crippen molar-refractivity contribution in [2.45, 2.75) is 32.4 Å². The SMILES string of the molecule is O=C(CCCNC(=O)c1ccco1)Nc1nc2c(s1)CN(Cc1ccccc1)CC2. The Labute approximate surface area is 179 Å². The van der Waals surface area contributed by atoms with Crippen LogP contribution in [0.2, 0.25) is 0 Å². The van der Waals surface area contributed by atoms with Crippen molar-refractivity contribution < 1.29 is 14.0 Å². The Morgan fingerprint density at radius 3 is 2.83 bits per heavy atom. The lowest BCUT2D eigenvalue weighted by atomic mass is 10.1. The minimum atomic E-state index is -0.270. The maximum absolute atomic E-state index is 12.2. The van der Waals surface area contributed by atoms with Crippen LogP contribution in [0.15, 0.2) is 53.1 Å². The molecule has 0 unspecified atom stereocenters. The number of furan rings is 1. The van der Waals surface area contributed by atoms with E-state index in [-0.39, 0.29) is 17.6 Å². The van der Waals surface area contributed by atoms with Crippen LogP contribution in [-0.4, -0.2) is 34.8 Å². The molecule has 0 spiro atoms. The standard InChI is InChI=1S/C22H24N4O3S/c27-20(9-4-11-23-21(28)18-8-5-13-29-18)25-22-24-17-10-12-26(15-19(17)30-22)14-16-6-2-1-3-7-16/h1-3,5-8,13H,4,9-12,14-15H2,(H,23,28)(H,24,25,27). The van der Waals surface area contributed by atoms with Gasteiger partial charge in [0.1, 0.15) is 0 Å². The molecule has 4 rings (SSSR count). The second-order valence-corrected chi connectivity index (χ2v) is 8.30. The quantitative estimate of drug-likeness (QED) is 0.541. The predicted octanol–water partition coefficient (Wildman–Crippen LogP) is 3.44. The molecule has 0 fully saturated rings. The fraction of sp³-hybridized carbons (Fsp3) is 0.318. The van der Waals surface area contributed by atoms with Gasteiger partial charge in [-0.05, 0) is 24.1 Å². The molecule has 0 aliphatic carbocycles. The monoisotopic (exact) mass is 424 g/mol. The summed E-state index contributed by atoms with van der Waals surface area (Å²) in [6.07, 6.45) is 3.22. The van der Waals surface area contributed by atoms with E-state index in [0.717, 1.165) is 31.7 Å². The number of anilines is 1. The van der Waals surface area contributed by atoms with Crippen LogP contribution in [0.1, 0.15) is 39.5 Å². The summed E-state index contributed by atoms with van der Waals surface area (Å²) < 4.78 is 5.03. The summed E-state index contributed by atoms with van der Waals surface area (Å²) in [5.41, 5.74) is 2.39. The van der Waals surface area contributed by atoms with Gasteiger partial charge in [0.2, 0.25) is 5.91 Å². The smallest absolute Gasteiger partial charge is 0.286 e. The first-order chi connectivity index (χ1) is 14.7. The number of benzene rings is 1. The Morgan fingerprint density at radius 1 is 1.17 bits per heavy atom. The van der Waals surface area contributed by atoms with Crippen LogP contribution in [0.5, 0.6) is 0 Å². The molecule has 2 N–H and O–H groups in total. The molecule has 2 amide bonds. The van der Waals surface area contributed by atoms with E-state index in [0.29, 0.717) is 24.5 Å². The number of thiazole rings is 1. The number of carbonyl (C=O) groups excluding carboxylic acids is 2. The van der Waals surface area contributed by atoms with Gasteiger partial charge in [0.25, 0.3) is 5.91 Å².